The van der Waals surface area contributed by atoms with Gasteiger partial charge in [-0.05, 0) is 58.1 Å². The first-order valence-corrected chi connectivity index (χ1v) is 7.54. The lowest BCUT2D eigenvalue weighted by Crippen LogP contribution is -2.46. The van der Waals surface area contributed by atoms with Crippen LogP contribution in [-0.2, 0) is 0 Å². The minimum absolute atomic E-state index is 0.384. The number of rotatable bonds is 4. The van der Waals surface area contributed by atoms with Crippen LogP contribution in [0.1, 0.15) is 38.8 Å². The van der Waals surface area contributed by atoms with E-state index in [1.807, 2.05) is 33.0 Å². The van der Waals surface area contributed by atoms with Gasteiger partial charge in [0.15, 0.2) is 0 Å². The molecule has 2 N–H and O–H groups in total. The summed E-state index contributed by atoms with van der Waals surface area (Å²) in [6.07, 6.45) is 4.13. The molecule has 0 saturated carbocycles. The van der Waals surface area contributed by atoms with Crippen LogP contribution < -0.4 is 10.2 Å². The first-order valence-electron chi connectivity index (χ1n) is 7.54. The lowest BCUT2D eigenvalue weighted by Gasteiger charge is -2.38. The van der Waals surface area contributed by atoms with E-state index in [-0.39, 0.29) is 5.54 Å². The van der Waals surface area contributed by atoms with Gasteiger partial charge in [-0.15, -0.1) is 0 Å². The number of hydrogen-bond acceptors (Lipinski definition) is 3. The van der Waals surface area contributed by atoms with Crippen molar-refractivity contribution in [3.05, 3.63) is 24.0 Å². The first kappa shape index (κ1) is 15.6. The van der Waals surface area contributed by atoms with E-state index in [2.05, 4.69) is 21.3 Å². The second kappa shape index (κ2) is 6.33. The van der Waals surface area contributed by atoms with Crippen molar-refractivity contribution in [2.24, 2.45) is 5.92 Å². The van der Waals surface area contributed by atoms with Gasteiger partial charge in [-0.2, -0.15) is 0 Å². The maximum Gasteiger partial charge on any atom is 0.405 e. The molecule has 1 aromatic rings. The SMILES string of the molecule is Cc1ccc(N2CCC[C@@H](CC(C)(C)NC(=O)O)C2)cn1. The fraction of sp³-hybridized carbons (Fsp3) is 0.625. The van der Waals surface area contributed by atoms with Gasteiger partial charge in [-0.3, -0.25) is 4.98 Å². The number of piperidine rings is 1. The fourth-order valence-corrected chi connectivity index (χ4v) is 3.18. The number of aromatic nitrogens is 1. The molecule has 1 aliphatic heterocycles. The molecule has 0 unspecified atom stereocenters. The number of amides is 1. The van der Waals surface area contributed by atoms with E-state index in [0.717, 1.165) is 43.7 Å². The number of nitrogens with one attached hydrogen (secondary N) is 1. The predicted octanol–water partition coefficient (Wildman–Crippen LogP) is 3.04. The number of carbonyl (C=O) groups is 1. The van der Waals surface area contributed by atoms with Crippen LogP contribution in [0.5, 0.6) is 0 Å². The second-order valence-corrected chi connectivity index (χ2v) is 6.63. The van der Waals surface area contributed by atoms with Crippen molar-refractivity contribution in [2.45, 2.75) is 45.6 Å². The van der Waals surface area contributed by atoms with E-state index in [4.69, 9.17) is 5.11 Å². The number of hydrogen-bond donors (Lipinski definition) is 2. The average Bonchev–Trinajstić information content (AvgIpc) is 2.37. The first-order chi connectivity index (χ1) is 9.85. The van der Waals surface area contributed by atoms with Gasteiger partial charge >= 0.3 is 6.09 Å². The number of aryl methyl sites for hydroxylation is 1. The molecule has 0 radical (unpaired) electrons. The number of pyridine rings is 1. The molecule has 116 valence electrons. The summed E-state index contributed by atoms with van der Waals surface area (Å²) in [6, 6.07) is 4.15. The third kappa shape index (κ3) is 4.62. The van der Waals surface area contributed by atoms with Crippen molar-refractivity contribution in [1.82, 2.24) is 10.3 Å². The van der Waals surface area contributed by atoms with Gasteiger partial charge in [-0.25, -0.2) is 4.79 Å². The highest BCUT2D eigenvalue weighted by Gasteiger charge is 2.28. The molecule has 2 rings (SSSR count). The van der Waals surface area contributed by atoms with E-state index in [0.29, 0.717) is 5.92 Å². The highest BCUT2D eigenvalue weighted by atomic mass is 16.4. The zero-order valence-corrected chi connectivity index (χ0v) is 13.1. The van der Waals surface area contributed by atoms with Gasteiger partial charge in [0.05, 0.1) is 11.9 Å². The maximum atomic E-state index is 10.8. The summed E-state index contributed by atoms with van der Waals surface area (Å²) in [5, 5.41) is 11.5. The van der Waals surface area contributed by atoms with E-state index in [1.54, 1.807) is 0 Å². The van der Waals surface area contributed by atoms with Crippen molar-refractivity contribution in [3.8, 4) is 0 Å². The van der Waals surface area contributed by atoms with E-state index in [1.165, 1.54) is 0 Å². The van der Waals surface area contributed by atoms with Crippen molar-refractivity contribution >= 4 is 11.8 Å². The van der Waals surface area contributed by atoms with Crippen LogP contribution in [-0.4, -0.2) is 34.8 Å². The van der Waals surface area contributed by atoms with E-state index >= 15 is 0 Å². The summed E-state index contributed by atoms with van der Waals surface area (Å²) < 4.78 is 0. The molecular weight excluding hydrogens is 266 g/mol. The predicted molar refractivity (Wildman–Crippen MR) is 83.8 cm³/mol. The monoisotopic (exact) mass is 291 g/mol. The lowest BCUT2D eigenvalue weighted by atomic mass is 9.85. The zero-order valence-electron chi connectivity index (χ0n) is 13.1. The standard InChI is InChI=1S/C16H25N3O2/c1-12-6-7-14(10-17-12)19-8-4-5-13(11-19)9-16(2,3)18-15(20)21/h6-7,10,13,18H,4-5,8-9,11H2,1-3H3,(H,20,21)/t13-/m0/s1. The molecular formula is C16H25N3O2. The van der Waals surface area contributed by atoms with Gasteiger partial charge in [0.1, 0.15) is 0 Å². The highest BCUT2D eigenvalue weighted by molar-refractivity contribution is 5.65. The zero-order chi connectivity index (χ0) is 15.5. The van der Waals surface area contributed by atoms with Gasteiger partial charge < -0.3 is 15.3 Å². The number of nitrogens with zero attached hydrogens (tertiary/aromatic N) is 2. The lowest BCUT2D eigenvalue weighted by molar-refractivity contribution is 0.174. The molecule has 1 fully saturated rings. The maximum absolute atomic E-state index is 10.8. The van der Waals surface area contributed by atoms with Crippen LogP contribution in [0, 0.1) is 12.8 Å². The van der Waals surface area contributed by atoms with Crippen LogP contribution in [0.2, 0.25) is 0 Å². The van der Waals surface area contributed by atoms with E-state index < -0.39 is 6.09 Å². The van der Waals surface area contributed by atoms with Crippen molar-refractivity contribution < 1.29 is 9.90 Å². The third-order valence-corrected chi connectivity index (χ3v) is 4.02. The Morgan fingerprint density at radius 1 is 1.52 bits per heavy atom. The molecule has 1 saturated heterocycles. The Balaban J connectivity index is 1.97. The largest absolute Gasteiger partial charge is 0.465 e. The molecule has 5 heteroatoms. The Morgan fingerprint density at radius 2 is 2.29 bits per heavy atom. The molecule has 2 heterocycles. The Bertz CT molecular complexity index is 485. The topological polar surface area (TPSA) is 65.5 Å². The van der Waals surface area contributed by atoms with Crippen LogP contribution in [0.15, 0.2) is 18.3 Å². The molecule has 5 nitrogen and oxygen atoms in total. The van der Waals surface area contributed by atoms with Gasteiger partial charge in [0.25, 0.3) is 0 Å². The van der Waals surface area contributed by atoms with Gasteiger partial charge in [0, 0.05) is 24.3 Å². The van der Waals surface area contributed by atoms with Crippen molar-refractivity contribution in [3.63, 3.8) is 0 Å². The molecule has 21 heavy (non-hydrogen) atoms. The van der Waals surface area contributed by atoms with Crippen LogP contribution in [0.25, 0.3) is 0 Å². The average molecular weight is 291 g/mol. The summed E-state index contributed by atoms with van der Waals surface area (Å²) >= 11 is 0. The Hall–Kier alpha value is -1.78. The summed E-state index contributed by atoms with van der Waals surface area (Å²) in [5.74, 6) is 0.502. The highest BCUT2D eigenvalue weighted by Crippen LogP contribution is 2.28. The van der Waals surface area contributed by atoms with Crippen LogP contribution >= 0.6 is 0 Å². The Kier molecular flexibility index (Phi) is 4.70. The van der Waals surface area contributed by atoms with Crippen LogP contribution in [0.3, 0.4) is 0 Å². The van der Waals surface area contributed by atoms with E-state index in [9.17, 15) is 4.79 Å². The third-order valence-electron chi connectivity index (χ3n) is 4.02. The molecule has 1 amide bonds. The fourth-order valence-electron chi connectivity index (χ4n) is 3.18. The smallest absolute Gasteiger partial charge is 0.405 e. The number of anilines is 1. The van der Waals surface area contributed by atoms with Gasteiger partial charge in [0.2, 0.25) is 0 Å². The minimum Gasteiger partial charge on any atom is -0.465 e. The quantitative estimate of drug-likeness (QED) is 0.895. The normalized spacial score (nSPS) is 19.4. The number of carboxylic acid groups (broad SMARTS) is 1. The minimum atomic E-state index is -0.949. The summed E-state index contributed by atoms with van der Waals surface area (Å²) in [6.45, 7) is 7.91. The Labute approximate surface area is 126 Å². The molecule has 0 spiro atoms. The Morgan fingerprint density at radius 3 is 2.90 bits per heavy atom. The van der Waals surface area contributed by atoms with Gasteiger partial charge in [-0.1, -0.05) is 0 Å². The van der Waals surface area contributed by atoms with Crippen molar-refractivity contribution in [2.75, 3.05) is 18.0 Å². The summed E-state index contributed by atoms with van der Waals surface area (Å²) in [5.41, 5.74) is 1.80. The molecule has 1 atom stereocenters. The molecule has 1 aromatic heterocycles. The molecule has 0 aromatic carbocycles. The molecule has 1 aliphatic rings. The molecule has 0 bridgehead atoms. The molecule has 0 aliphatic carbocycles. The summed E-state index contributed by atoms with van der Waals surface area (Å²) in [4.78, 5) is 17.6. The second-order valence-electron chi connectivity index (χ2n) is 6.63. The van der Waals surface area contributed by atoms with Crippen molar-refractivity contribution in [1.29, 1.82) is 0 Å². The summed E-state index contributed by atoms with van der Waals surface area (Å²) in [7, 11) is 0. The van der Waals surface area contributed by atoms with Crippen LogP contribution in [0.4, 0.5) is 10.5 Å².